The smallest absolute Gasteiger partial charge is 0.251 e. The van der Waals surface area contributed by atoms with Crippen molar-refractivity contribution in [2.75, 3.05) is 5.73 Å². The molecule has 3 aromatic carbocycles. The number of nitrogen functional groups attached to an aromatic ring is 1. The van der Waals surface area contributed by atoms with E-state index in [1.165, 1.54) is 18.2 Å². The largest absolute Gasteiger partial charge is 0.507 e. The summed E-state index contributed by atoms with van der Waals surface area (Å²) in [5, 5.41) is 13.2. The second-order valence-electron chi connectivity index (χ2n) is 9.12. The second-order valence-corrected chi connectivity index (χ2v) is 9.12. The molecule has 3 aromatic heterocycles. The number of nitrogens with zero attached hydrogens (tertiary/aromatic N) is 4. The van der Waals surface area contributed by atoms with E-state index in [0.29, 0.717) is 39.6 Å². The van der Waals surface area contributed by atoms with E-state index in [4.69, 9.17) is 15.7 Å². The third-order valence-corrected chi connectivity index (χ3v) is 6.50. The van der Waals surface area contributed by atoms with Gasteiger partial charge < -0.3 is 16.2 Å². The number of para-hydroxylation sites is 1. The summed E-state index contributed by atoms with van der Waals surface area (Å²) in [6, 6.07) is 27.4. The van der Waals surface area contributed by atoms with Crippen LogP contribution in [0.25, 0.3) is 39.5 Å². The topological polar surface area (TPSA) is 119 Å². The zero-order valence-corrected chi connectivity index (χ0v) is 21.1. The van der Waals surface area contributed by atoms with Crippen LogP contribution in [-0.4, -0.2) is 30.5 Å². The lowest BCUT2D eigenvalue weighted by Gasteiger charge is -2.12. The first kappa shape index (κ1) is 24.7. The van der Waals surface area contributed by atoms with Crippen molar-refractivity contribution in [3.05, 3.63) is 120 Å². The molecule has 6 aromatic rings. The Bertz CT molecular complexity index is 1870. The Balaban J connectivity index is 1.39. The van der Waals surface area contributed by atoms with Crippen molar-refractivity contribution in [3.8, 4) is 34.1 Å². The summed E-state index contributed by atoms with van der Waals surface area (Å²) in [6.07, 6.45) is 1.62. The Labute approximate surface area is 228 Å². The van der Waals surface area contributed by atoms with Gasteiger partial charge in [-0.05, 0) is 72.3 Å². The summed E-state index contributed by atoms with van der Waals surface area (Å²) in [5.74, 6) is 0.196. The maximum atomic E-state index is 13.5. The first-order valence-corrected chi connectivity index (χ1v) is 12.5. The predicted molar refractivity (Wildman–Crippen MR) is 151 cm³/mol. The van der Waals surface area contributed by atoms with Crippen molar-refractivity contribution in [2.24, 2.45) is 0 Å². The molecular formula is C31H23FN6O2. The first-order chi connectivity index (χ1) is 19.5. The molecule has 0 radical (unpaired) electrons. The molecule has 9 heteroatoms. The average Bonchev–Trinajstić information content (AvgIpc) is 3.35. The zero-order chi connectivity index (χ0) is 27.6. The molecule has 4 N–H and O–H groups in total. The molecule has 0 aliphatic heterocycles. The molecule has 3 heterocycles. The van der Waals surface area contributed by atoms with Gasteiger partial charge in [-0.15, -0.1) is 0 Å². The number of aromatic nitrogens is 4. The summed E-state index contributed by atoms with van der Waals surface area (Å²) in [7, 11) is 0. The minimum absolute atomic E-state index is 0.127. The minimum atomic E-state index is -0.464. The minimum Gasteiger partial charge on any atom is -0.507 e. The van der Waals surface area contributed by atoms with Crippen LogP contribution in [0.15, 0.2) is 103 Å². The Morgan fingerprint density at radius 2 is 1.70 bits per heavy atom. The van der Waals surface area contributed by atoms with Crippen LogP contribution in [-0.2, 0) is 6.54 Å². The number of nitrogens with two attached hydrogens (primary N) is 1. The molecule has 0 unspecified atom stereocenters. The molecule has 0 aliphatic carbocycles. The molecule has 0 atom stereocenters. The highest BCUT2D eigenvalue weighted by Gasteiger charge is 2.19. The number of imidazole rings is 1. The highest BCUT2D eigenvalue weighted by molar-refractivity contribution is 5.94. The molecule has 0 aliphatic rings. The summed E-state index contributed by atoms with van der Waals surface area (Å²) >= 11 is 0. The van der Waals surface area contributed by atoms with Crippen LogP contribution in [0.2, 0.25) is 0 Å². The van der Waals surface area contributed by atoms with Crippen LogP contribution in [0.5, 0.6) is 5.75 Å². The van der Waals surface area contributed by atoms with Gasteiger partial charge in [-0.3, -0.25) is 9.36 Å². The van der Waals surface area contributed by atoms with Gasteiger partial charge in [0, 0.05) is 29.6 Å². The number of carbonyl (C=O) groups is 1. The van der Waals surface area contributed by atoms with Crippen molar-refractivity contribution in [1.82, 2.24) is 24.8 Å². The van der Waals surface area contributed by atoms with E-state index in [1.807, 2.05) is 53.1 Å². The van der Waals surface area contributed by atoms with Gasteiger partial charge in [0.25, 0.3) is 5.91 Å². The quantitative estimate of drug-likeness (QED) is 0.261. The van der Waals surface area contributed by atoms with Gasteiger partial charge in [-0.25, -0.2) is 19.3 Å². The highest BCUT2D eigenvalue weighted by Crippen LogP contribution is 2.33. The fourth-order valence-electron chi connectivity index (χ4n) is 4.51. The molecular weight excluding hydrogens is 507 g/mol. The monoisotopic (exact) mass is 530 g/mol. The van der Waals surface area contributed by atoms with E-state index >= 15 is 0 Å². The zero-order valence-electron chi connectivity index (χ0n) is 21.1. The molecule has 6 rings (SSSR count). The standard InChI is InChI=1S/C31H23FN6O2/c32-21-6-3-5-20(17-21)31(40)35-18-19-10-12-22(13-11-19)38-29(24-8-4-16-34-28(24)33)37-26-15-14-25(36-30(26)38)23-7-1-2-9-27(23)39/h1-17,39H,18H2,(H2,33,34)(H,35,40). The van der Waals surface area contributed by atoms with Crippen molar-refractivity contribution in [1.29, 1.82) is 0 Å². The van der Waals surface area contributed by atoms with Crippen LogP contribution in [0, 0.1) is 5.82 Å². The molecule has 0 saturated heterocycles. The number of anilines is 1. The van der Waals surface area contributed by atoms with Gasteiger partial charge in [0.2, 0.25) is 0 Å². The molecule has 196 valence electrons. The van der Waals surface area contributed by atoms with Crippen LogP contribution >= 0.6 is 0 Å². The maximum absolute atomic E-state index is 13.5. The molecule has 0 saturated carbocycles. The van der Waals surface area contributed by atoms with Gasteiger partial charge in [0.15, 0.2) is 11.5 Å². The predicted octanol–water partition coefficient (Wildman–Crippen LogP) is 5.51. The number of amides is 1. The number of aromatic hydroxyl groups is 1. The third-order valence-electron chi connectivity index (χ3n) is 6.50. The lowest BCUT2D eigenvalue weighted by molar-refractivity contribution is 0.0950. The van der Waals surface area contributed by atoms with Crippen LogP contribution in [0.3, 0.4) is 0 Å². The van der Waals surface area contributed by atoms with Crippen molar-refractivity contribution < 1.29 is 14.3 Å². The highest BCUT2D eigenvalue weighted by atomic mass is 19.1. The molecule has 0 fully saturated rings. The average molecular weight is 531 g/mol. The number of pyridine rings is 2. The Kier molecular flexibility index (Phi) is 6.37. The summed E-state index contributed by atoms with van der Waals surface area (Å²) in [5.41, 5.74) is 11.2. The fourth-order valence-corrected chi connectivity index (χ4v) is 4.51. The Hall–Kier alpha value is -5.57. The van der Waals surface area contributed by atoms with Crippen molar-refractivity contribution >= 4 is 22.9 Å². The van der Waals surface area contributed by atoms with Crippen LogP contribution < -0.4 is 11.1 Å². The molecule has 40 heavy (non-hydrogen) atoms. The number of hydrogen-bond acceptors (Lipinski definition) is 6. The van der Waals surface area contributed by atoms with Crippen molar-refractivity contribution in [3.63, 3.8) is 0 Å². The SMILES string of the molecule is Nc1ncccc1-c1nc2ccc(-c3ccccc3O)nc2n1-c1ccc(CNC(=O)c2cccc(F)c2)cc1. The van der Waals surface area contributed by atoms with E-state index < -0.39 is 5.82 Å². The molecule has 0 bridgehead atoms. The van der Waals surface area contributed by atoms with Gasteiger partial charge >= 0.3 is 0 Å². The van der Waals surface area contributed by atoms with Gasteiger partial charge in [0.1, 0.15) is 22.9 Å². The number of nitrogens with one attached hydrogen (secondary N) is 1. The number of phenols is 1. The van der Waals surface area contributed by atoms with Crippen molar-refractivity contribution in [2.45, 2.75) is 6.54 Å². The van der Waals surface area contributed by atoms with E-state index in [1.54, 1.807) is 36.5 Å². The number of benzene rings is 3. The van der Waals surface area contributed by atoms with Gasteiger partial charge in [0.05, 0.1) is 11.3 Å². The van der Waals surface area contributed by atoms with Gasteiger partial charge in [-0.1, -0.05) is 30.3 Å². The number of rotatable bonds is 6. The maximum Gasteiger partial charge on any atom is 0.251 e. The molecule has 0 spiro atoms. The van der Waals surface area contributed by atoms with Gasteiger partial charge in [-0.2, -0.15) is 0 Å². The number of halogens is 1. The number of fused-ring (bicyclic) bond motifs is 1. The lowest BCUT2D eigenvalue weighted by Crippen LogP contribution is -2.22. The fraction of sp³-hybridized carbons (Fsp3) is 0.0323. The lowest BCUT2D eigenvalue weighted by atomic mass is 10.1. The second kappa shape index (κ2) is 10.3. The summed E-state index contributed by atoms with van der Waals surface area (Å²) in [4.78, 5) is 26.4. The number of phenolic OH excluding ortho intramolecular Hbond substituents is 1. The van der Waals surface area contributed by atoms with E-state index in [0.717, 1.165) is 11.3 Å². The van der Waals surface area contributed by atoms with Crippen LogP contribution in [0.4, 0.5) is 10.2 Å². The molecule has 8 nitrogen and oxygen atoms in total. The van der Waals surface area contributed by atoms with E-state index in [2.05, 4.69) is 10.3 Å². The normalized spacial score (nSPS) is 11.0. The Morgan fingerprint density at radius 3 is 2.48 bits per heavy atom. The number of carbonyl (C=O) groups excluding carboxylic acids is 1. The molecule has 1 amide bonds. The Morgan fingerprint density at radius 1 is 0.900 bits per heavy atom. The third kappa shape index (κ3) is 4.71. The summed E-state index contributed by atoms with van der Waals surface area (Å²) in [6.45, 7) is 0.262. The van der Waals surface area contributed by atoms with E-state index in [9.17, 15) is 14.3 Å². The van der Waals surface area contributed by atoms with Crippen LogP contribution in [0.1, 0.15) is 15.9 Å². The summed E-state index contributed by atoms with van der Waals surface area (Å²) < 4.78 is 15.4. The first-order valence-electron chi connectivity index (χ1n) is 12.5. The van der Waals surface area contributed by atoms with E-state index in [-0.39, 0.29) is 23.8 Å². The number of hydrogen-bond donors (Lipinski definition) is 3.